The first-order valence-electron chi connectivity index (χ1n) is 11.6. The molecule has 0 radical (unpaired) electrons. The van der Waals surface area contributed by atoms with Gasteiger partial charge in [-0.25, -0.2) is 9.13 Å². The van der Waals surface area contributed by atoms with Crippen molar-refractivity contribution in [3.63, 3.8) is 0 Å². The minimum absolute atomic E-state index is 0. The highest BCUT2D eigenvalue weighted by Crippen LogP contribution is 2.49. The number of rotatable bonds is 8. The number of halogens is 1. The van der Waals surface area contributed by atoms with Crippen molar-refractivity contribution in [2.45, 2.75) is 51.1 Å². The molecule has 0 aliphatic heterocycles. The molecule has 1 heterocycles. The zero-order chi connectivity index (χ0) is 23.4. The molecule has 1 saturated carbocycles. The summed E-state index contributed by atoms with van der Waals surface area (Å²) in [5.41, 5.74) is 7.26. The Balaban J connectivity index is 0.00000324. The highest BCUT2D eigenvalue weighted by atomic mass is 79.9. The lowest BCUT2D eigenvalue weighted by atomic mass is 9.64. The molecule has 1 fully saturated rings. The van der Waals surface area contributed by atoms with Crippen LogP contribution in [0.1, 0.15) is 49.2 Å². The van der Waals surface area contributed by atoms with Crippen molar-refractivity contribution >= 4 is 11.9 Å². The zero-order valence-corrected chi connectivity index (χ0v) is 21.3. The molecule has 1 aliphatic carbocycles. The smallest absolute Gasteiger partial charge is 0.302 e. The van der Waals surface area contributed by atoms with Crippen LogP contribution < -0.4 is 27.3 Å². The molecule has 7 heteroatoms. The molecule has 0 bridgehead atoms. The van der Waals surface area contributed by atoms with E-state index in [1.165, 1.54) is 6.92 Å². The fourth-order valence-electron chi connectivity index (χ4n) is 5.56. The fourth-order valence-corrected chi connectivity index (χ4v) is 5.56. The lowest BCUT2D eigenvalue weighted by molar-refractivity contribution is -0.703. The average Bonchev–Trinajstić information content (AvgIpc) is 3.43. The summed E-state index contributed by atoms with van der Waals surface area (Å²) in [6.07, 6.45) is 6.85. The molecule has 3 aromatic rings. The van der Waals surface area contributed by atoms with Gasteiger partial charge in [-0.3, -0.25) is 9.59 Å². The van der Waals surface area contributed by atoms with Gasteiger partial charge in [-0.05, 0) is 36.3 Å². The first-order chi connectivity index (χ1) is 15.9. The average molecular weight is 526 g/mol. The van der Waals surface area contributed by atoms with Crippen molar-refractivity contribution in [2.75, 3.05) is 6.61 Å². The molecule has 1 amide bonds. The predicted octanol–water partition coefficient (Wildman–Crippen LogP) is 0.464. The Morgan fingerprint density at radius 1 is 1.06 bits per heavy atom. The Labute approximate surface area is 211 Å². The van der Waals surface area contributed by atoms with Crippen LogP contribution in [0.4, 0.5) is 0 Å². The first-order valence-corrected chi connectivity index (χ1v) is 11.6. The van der Waals surface area contributed by atoms with Gasteiger partial charge in [0.25, 0.3) is 5.82 Å². The number of nitrogens with zero attached hydrogens (tertiary/aromatic N) is 2. The van der Waals surface area contributed by atoms with Crippen LogP contribution in [0.2, 0.25) is 0 Å². The predicted molar refractivity (Wildman–Crippen MR) is 125 cm³/mol. The Bertz CT molecular complexity index is 1080. The van der Waals surface area contributed by atoms with Crippen molar-refractivity contribution in [1.82, 2.24) is 4.57 Å². The number of ether oxygens (including phenoxy) is 1. The first kappa shape index (κ1) is 25.7. The Morgan fingerprint density at radius 3 is 2.18 bits per heavy atom. The summed E-state index contributed by atoms with van der Waals surface area (Å²) in [4.78, 5) is 24.3. The molecular weight excluding hydrogens is 494 g/mol. The van der Waals surface area contributed by atoms with Gasteiger partial charge in [-0.1, -0.05) is 60.7 Å². The molecule has 34 heavy (non-hydrogen) atoms. The molecule has 4 rings (SSSR count). The topological polar surface area (TPSA) is 78.2 Å². The Hall–Kier alpha value is -2.93. The van der Waals surface area contributed by atoms with E-state index in [4.69, 9.17) is 10.5 Å². The van der Waals surface area contributed by atoms with Gasteiger partial charge < -0.3 is 27.5 Å². The monoisotopic (exact) mass is 525 g/mol. The highest BCUT2D eigenvalue weighted by molar-refractivity contribution is 5.91. The maximum atomic E-state index is 13.3. The summed E-state index contributed by atoms with van der Waals surface area (Å²) in [6.45, 7) is 4.47. The largest absolute Gasteiger partial charge is 1.00 e. The van der Waals surface area contributed by atoms with E-state index in [1.54, 1.807) is 0 Å². The normalized spacial score (nSPS) is 17.7. The third-order valence-corrected chi connectivity index (χ3v) is 7.09. The standard InChI is InChI=1S/C27H31N3O3.BrH/c1-20-29(17-18-33-21(2)31)15-16-30(20)25-14-13-24(19-25)27(26(28)32,22-9-5-3-6-10-22)23-11-7-4-8-12-23;/h3-12,15-16,24-25H,13-14,17-19H2,1-2H3,(H-,28,32);1H/t24-,25+;/m1./s1. The van der Waals surface area contributed by atoms with Crippen LogP contribution in [-0.4, -0.2) is 23.1 Å². The van der Waals surface area contributed by atoms with E-state index in [0.717, 1.165) is 36.2 Å². The van der Waals surface area contributed by atoms with E-state index in [2.05, 4.69) is 22.3 Å². The number of benzene rings is 2. The Kier molecular flexibility index (Phi) is 8.31. The number of carbonyl (C=O) groups is 2. The van der Waals surface area contributed by atoms with Crippen LogP contribution in [0.25, 0.3) is 0 Å². The SMILES string of the molecule is CC(=O)OCC[n+]1ccn([C@H]2CC[C@@H](C(C(N)=O)(c3ccccc3)c3ccccc3)C2)c1C.[Br-]. The van der Waals surface area contributed by atoms with Gasteiger partial charge in [0.15, 0.2) is 0 Å². The molecule has 2 aromatic carbocycles. The van der Waals surface area contributed by atoms with Crippen LogP contribution in [0.5, 0.6) is 0 Å². The maximum Gasteiger partial charge on any atom is 0.302 e. The van der Waals surface area contributed by atoms with E-state index in [0.29, 0.717) is 13.2 Å². The summed E-state index contributed by atoms with van der Waals surface area (Å²) in [6, 6.07) is 20.2. The van der Waals surface area contributed by atoms with E-state index in [9.17, 15) is 9.59 Å². The molecule has 1 aliphatic rings. The second-order valence-corrected chi connectivity index (χ2v) is 8.85. The van der Waals surface area contributed by atoms with Crippen molar-refractivity contribution in [1.29, 1.82) is 0 Å². The third kappa shape index (κ3) is 4.80. The number of primary amides is 1. The number of amides is 1. The van der Waals surface area contributed by atoms with Gasteiger partial charge >= 0.3 is 5.97 Å². The summed E-state index contributed by atoms with van der Waals surface area (Å²) in [5, 5.41) is 0. The number of aromatic nitrogens is 2. The molecule has 0 unspecified atom stereocenters. The van der Waals surface area contributed by atoms with Crippen molar-refractivity contribution < 1.29 is 35.9 Å². The van der Waals surface area contributed by atoms with Gasteiger partial charge in [-0.2, -0.15) is 0 Å². The lowest BCUT2D eigenvalue weighted by Crippen LogP contribution is -3.00. The van der Waals surface area contributed by atoms with Crippen LogP contribution >= 0.6 is 0 Å². The minimum atomic E-state index is -0.871. The van der Waals surface area contributed by atoms with Gasteiger partial charge in [0.2, 0.25) is 5.91 Å². The summed E-state index contributed by atoms with van der Waals surface area (Å²) in [5.74, 6) is 0.625. The number of imidazole rings is 1. The minimum Gasteiger partial charge on any atom is -1.00 e. The third-order valence-electron chi connectivity index (χ3n) is 7.09. The van der Waals surface area contributed by atoms with Crippen LogP contribution in [0.15, 0.2) is 73.1 Å². The van der Waals surface area contributed by atoms with Gasteiger partial charge in [0.1, 0.15) is 37.0 Å². The molecule has 180 valence electrons. The number of nitrogens with two attached hydrogens (primary N) is 1. The number of carbonyl (C=O) groups excluding carboxylic acids is 2. The fraction of sp³-hybridized carbons (Fsp3) is 0.370. The summed E-state index contributed by atoms with van der Waals surface area (Å²) in [7, 11) is 0. The van der Waals surface area contributed by atoms with Crippen molar-refractivity contribution in [3.05, 3.63) is 90.0 Å². The second-order valence-electron chi connectivity index (χ2n) is 8.85. The lowest BCUT2D eigenvalue weighted by Gasteiger charge is -2.37. The summed E-state index contributed by atoms with van der Waals surface area (Å²) < 4.78 is 9.49. The quantitative estimate of drug-likeness (QED) is 0.343. The molecule has 0 spiro atoms. The zero-order valence-electron chi connectivity index (χ0n) is 19.7. The van der Waals surface area contributed by atoms with Crippen LogP contribution in [0.3, 0.4) is 0 Å². The summed E-state index contributed by atoms with van der Waals surface area (Å²) >= 11 is 0. The molecule has 0 saturated heterocycles. The highest BCUT2D eigenvalue weighted by Gasteiger charge is 2.51. The molecule has 2 atom stereocenters. The van der Waals surface area contributed by atoms with Gasteiger partial charge in [-0.15, -0.1) is 0 Å². The van der Waals surface area contributed by atoms with Crippen molar-refractivity contribution in [2.24, 2.45) is 11.7 Å². The van der Waals surface area contributed by atoms with E-state index in [-0.39, 0.29) is 40.8 Å². The molecular formula is C27H32BrN3O3. The van der Waals surface area contributed by atoms with E-state index >= 15 is 0 Å². The molecule has 2 N–H and O–H groups in total. The van der Waals surface area contributed by atoms with Gasteiger partial charge in [0, 0.05) is 13.8 Å². The van der Waals surface area contributed by atoms with Crippen LogP contribution in [-0.2, 0) is 26.3 Å². The number of hydrogen-bond donors (Lipinski definition) is 1. The maximum absolute atomic E-state index is 13.3. The van der Waals surface area contributed by atoms with Crippen LogP contribution in [0, 0.1) is 12.8 Å². The molecule has 6 nitrogen and oxygen atoms in total. The van der Waals surface area contributed by atoms with E-state index in [1.807, 2.05) is 66.9 Å². The van der Waals surface area contributed by atoms with E-state index < -0.39 is 5.41 Å². The Morgan fingerprint density at radius 2 is 1.65 bits per heavy atom. The number of esters is 1. The second kappa shape index (κ2) is 11.0. The van der Waals surface area contributed by atoms with Crippen molar-refractivity contribution in [3.8, 4) is 0 Å². The number of hydrogen-bond acceptors (Lipinski definition) is 3. The van der Waals surface area contributed by atoms with Gasteiger partial charge in [0.05, 0.1) is 0 Å². The molecule has 1 aromatic heterocycles.